The van der Waals surface area contributed by atoms with Gasteiger partial charge in [0.15, 0.2) is 0 Å². The second-order valence-electron chi connectivity index (χ2n) is 21.9. The Bertz CT molecular complexity index is 2090. The molecule has 13 heteroatoms. The van der Waals surface area contributed by atoms with Crippen molar-refractivity contribution in [3.63, 3.8) is 0 Å². The molecule has 5 heterocycles. The lowest BCUT2D eigenvalue weighted by atomic mass is 9.44. The van der Waals surface area contributed by atoms with E-state index in [1.807, 2.05) is 19.2 Å². The number of ether oxygens (including phenoxy) is 3. The normalized spacial score (nSPS) is 37.9. The molecular weight excluding hydrogens is 846 g/mol. The lowest BCUT2D eigenvalue weighted by Crippen LogP contribution is -2.63. The first-order chi connectivity index (χ1) is 31.0. The minimum absolute atomic E-state index is 0.0892. The fourth-order valence-corrected chi connectivity index (χ4v) is 15.6. The van der Waals surface area contributed by atoms with Crippen LogP contribution in [-0.2, 0) is 46.2 Å². The molecule has 9 rings (SSSR count). The van der Waals surface area contributed by atoms with Gasteiger partial charge in [0.25, 0.3) is 0 Å². The summed E-state index contributed by atoms with van der Waals surface area (Å²) in [5, 5.41) is 10.5. The van der Waals surface area contributed by atoms with Crippen LogP contribution < -0.4 is 9.80 Å². The molecule has 65 heavy (non-hydrogen) atoms. The summed E-state index contributed by atoms with van der Waals surface area (Å²) < 4.78 is 34.9. The number of ketones is 1. The maximum atomic E-state index is 16.0. The average Bonchev–Trinajstić information content (AvgIpc) is 3.72. The minimum atomic E-state index is -0.798. The number of halogens is 1. The van der Waals surface area contributed by atoms with Gasteiger partial charge >= 0.3 is 17.9 Å². The molecule has 356 valence electrons. The molecule has 0 radical (unpaired) electrons. The summed E-state index contributed by atoms with van der Waals surface area (Å²) in [6.45, 7) is 15.9. The Balaban J connectivity index is 0.888. The molecule has 5 aliphatic heterocycles. The van der Waals surface area contributed by atoms with Crippen LogP contribution in [0, 0.1) is 39.8 Å². The summed E-state index contributed by atoms with van der Waals surface area (Å²) >= 11 is 1.71. The van der Waals surface area contributed by atoms with Crippen molar-refractivity contribution in [1.29, 1.82) is 0 Å². The number of hydrogen-bond donors (Lipinski definition) is 1. The van der Waals surface area contributed by atoms with E-state index in [0.29, 0.717) is 73.8 Å². The molecule has 0 spiro atoms. The Morgan fingerprint density at radius 3 is 2.40 bits per heavy atom. The number of thioether (sulfide) groups is 1. The Labute approximate surface area is 389 Å². The Hall–Kier alpha value is -3.42. The number of anilines is 2. The van der Waals surface area contributed by atoms with Crippen molar-refractivity contribution >= 4 is 46.8 Å². The number of piperidine rings is 2. The van der Waals surface area contributed by atoms with Gasteiger partial charge in [-0.1, -0.05) is 33.8 Å². The standard InChI is InChI=1S/C52H72FN3O8S/c1-8-50(5)27-42(63-44(60)29-65-38-25-35-10-11-36(26-38)54(35)7)51(6)30(2)13-18-52(19-14-41(58)47(51)52)32(4)48(50)64-43(59)17-22-62-49(61)34-23-33-24-40(53)46(55-20-15-37(57)16-21-55)39-12-9-31(3)56(28-34)45(33)39/h8,24,28,30-32,35-38,42,47-48,57H,1,9-23,25-27,29H2,2-7H3/t30?,31?,32-,35?,36?,38?,42+,47?,48-,50+,51-,52?/m1/s1. The first-order valence-electron chi connectivity index (χ1n) is 24.8. The van der Waals surface area contributed by atoms with Crippen molar-refractivity contribution in [2.45, 2.75) is 173 Å². The fourth-order valence-electron chi connectivity index (χ4n) is 14.4. The average molecular weight is 918 g/mol. The van der Waals surface area contributed by atoms with Crippen molar-refractivity contribution in [2.24, 2.45) is 34.0 Å². The lowest BCUT2D eigenvalue weighted by molar-refractivity contribution is -0.213. The molecule has 11 atom stereocenters. The number of aliphatic hydroxyl groups is 1. The second kappa shape index (κ2) is 17.9. The van der Waals surface area contributed by atoms with Crippen LogP contribution in [0.5, 0.6) is 0 Å². The van der Waals surface area contributed by atoms with Crippen LogP contribution in [0.15, 0.2) is 30.5 Å². The molecule has 1 aromatic rings. The predicted octanol–water partition coefficient (Wildman–Crippen LogP) is 8.12. The van der Waals surface area contributed by atoms with E-state index in [4.69, 9.17) is 14.2 Å². The molecule has 4 bridgehead atoms. The van der Waals surface area contributed by atoms with Gasteiger partial charge in [0.1, 0.15) is 30.4 Å². The summed E-state index contributed by atoms with van der Waals surface area (Å²) in [5.41, 5.74) is 1.81. The molecule has 6 unspecified atom stereocenters. The van der Waals surface area contributed by atoms with E-state index in [1.54, 1.807) is 17.8 Å². The summed E-state index contributed by atoms with van der Waals surface area (Å²) in [4.78, 5) is 62.6. The fraction of sp³-hybridized carbons (Fsp3) is 0.731. The molecule has 3 saturated carbocycles. The van der Waals surface area contributed by atoms with Crippen LogP contribution in [0.25, 0.3) is 0 Å². The number of benzene rings is 1. The number of fused-ring (bicyclic) bond motifs is 2. The highest BCUT2D eigenvalue weighted by molar-refractivity contribution is 8.00. The van der Waals surface area contributed by atoms with Crippen LogP contribution in [-0.4, -0.2) is 108 Å². The molecule has 3 aliphatic carbocycles. The Morgan fingerprint density at radius 2 is 1.69 bits per heavy atom. The van der Waals surface area contributed by atoms with Gasteiger partial charge in [0.2, 0.25) is 0 Å². The van der Waals surface area contributed by atoms with Crippen LogP contribution >= 0.6 is 11.8 Å². The minimum Gasteiger partial charge on any atom is -0.462 e. The number of hydrogen-bond acceptors (Lipinski definition) is 12. The third-order valence-electron chi connectivity index (χ3n) is 18.5. The topological polar surface area (TPSA) is 126 Å². The van der Waals surface area contributed by atoms with Gasteiger partial charge in [-0.05, 0) is 114 Å². The van der Waals surface area contributed by atoms with Crippen LogP contribution in [0.4, 0.5) is 15.8 Å². The van der Waals surface area contributed by atoms with Crippen molar-refractivity contribution in [1.82, 2.24) is 4.90 Å². The smallest absolute Gasteiger partial charge is 0.335 e. The molecule has 6 fully saturated rings. The summed E-state index contributed by atoms with van der Waals surface area (Å²) in [5.74, 6) is -1.56. The zero-order valence-corrected chi connectivity index (χ0v) is 40.4. The highest BCUT2D eigenvalue weighted by Crippen LogP contribution is 2.68. The SMILES string of the molecule is C=C[C@@]1(C)C[C@H](OC(=O)CSC2CC3CCC(C2)N3C)[C@@]2(C)C(C)CCC3(CCC(=O)C32)[C@H](C)[C@H]1OC(=O)CCOC(=O)C1=CN2c3c(cc(F)c(N4CCC(O)CC4)c3CCC2C)C1. The summed E-state index contributed by atoms with van der Waals surface area (Å²) in [6, 6.07) is 2.80. The van der Waals surface area contributed by atoms with Gasteiger partial charge in [-0.15, -0.1) is 18.3 Å². The maximum absolute atomic E-state index is 16.0. The molecule has 8 aliphatic rings. The molecule has 0 amide bonds. The molecule has 3 saturated heterocycles. The summed E-state index contributed by atoms with van der Waals surface area (Å²) in [6.07, 6.45) is 12.6. The monoisotopic (exact) mass is 918 g/mol. The predicted molar refractivity (Wildman–Crippen MR) is 250 cm³/mol. The highest BCUT2D eigenvalue weighted by Gasteiger charge is 2.69. The highest BCUT2D eigenvalue weighted by atomic mass is 32.2. The van der Waals surface area contributed by atoms with Crippen molar-refractivity contribution in [2.75, 3.05) is 42.3 Å². The number of rotatable bonds is 11. The molecule has 11 nitrogen and oxygen atoms in total. The van der Waals surface area contributed by atoms with E-state index in [1.165, 1.54) is 12.8 Å². The third-order valence-corrected chi connectivity index (χ3v) is 19.7. The Morgan fingerprint density at radius 1 is 0.969 bits per heavy atom. The number of esters is 3. The second-order valence-corrected chi connectivity index (χ2v) is 23.2. The van der Waals surface area contributed by atoms with E-state index < -0.39 is 40.4 Å². The molecular formula is C52H72FN3O8S. The van der Waals surface area contributed by atoms with Crippen molar-refractivity contribution in [3.8, 4) is 0 Å². The first-order valence-corrected chi connectivity index (χ1v) is 25.8. The van der Waals surface area contributed by atoms with Gasteiger partial charge in [-0.2, -0.15) is 0 Å². The van der Waals surface area contributed by atoms with Gasteiger partial charge in [0, 0.05) is 89.4 Å². The largest absolute Gasteiger partial charge is 0.462 e. The summed E-state index contributed by atoms with van der Waals surface area (Å²) in [7, 11) is 2.22. The van der Waals surface area contributed by atoms with E-state index >= 15 is 4.39 Å². The number of carbonyl (C=O) groups excluding carboxylic acids is 4. The van der Waals surface area contributed by atoms with E-state index in [2.05, 4.69) is 56.0 Å². The number of carbonyl (C=O) groups is 4. The zero-order valence-electron chi connectivity index (χ0n) is 39.6. The van der Waals surface area contributed by atoms with Gasteiger partial charge < -0.3 is 34.0 Å². The number of aliphatic hydroxyl groups excluding tert-OH is 1. The van der Waals surface area contributed by atoms with Crippen LogP contribution in [0.3, 0.4) is 0 Å². The Kier molecular flexibility index (Phi) is 12.9. The number of nitrogens with zero attached hydrogens (tertiary/aromatic N) is 3. The van der Waals surface area contributed by atoms with Crippen molar-refractivity contribution in [3.05, 3.63) is 47.4 Å². The molecule has 1 aromatic carbocycles. The van der Waals surface area contributed by atoms with Gasteiger partial charge in [-0.3, -0.25) is 14.4 Å². The quantitative estimate of drug-likeness (QED) is 0.131. The lowest BCUT2D eigenvalue weighted by Gasteiger charge is -2.62. The third kappa shape index (κ3) is 8.16. The van der Waals surface area contributed by atoms with E-state index in [0.717, 1.165) is 55.3 Å². The van der Waals surface area contributed by atoms with Gasteiger partial charge in [0.05, 0.1) is 29.5 Å². The number of Topliss-reactive ketones (excluding diaryl/α,β-unsaturated/α-hetero) is 1. The zero-order chi connectivity index (χ0) is 46.2. The molecule has 1 N–H and O–H groups in total. The van der Waals surface area contributed by atoms with Crippen molar-refractivity contribution < 1.29 is 42.9 Å². The van der Waals surface area contributed by atoms with Crippen LogP contribution in [0.1, 0.15) is 129 Å². The van der Waals surface area contributed by atoms with E-state index in [-0.39, 0.29) is 72.7 Å². The van der Waals surface area contributed by atoms with Gasteiger partial charge in [-0.25, -0.2) is 9.18 Å². The molecule has 0 aromatic heterocycles. The first kappa shape index (κ1) is 46.7. The van der Waals surface area contributed by atoms with E-state index in [9.17, 15) is 24.3 Å². The maximum Gasteiger partial charge on any atom is 0.335 e. The van der Waals surface area contributed by atoms with Crippen LogP contribution in [0.2, 0.25) is 0 Å².